The van der Waals surface area contributed by atoms with Crippen molar-refractivity contribution in [2.45, 2.75) is 17.7 Å². The van der Waals surface area contributed by atoms with Crippen LogP contribution in [-0.4, -0.2) is 39.2 Å². The molecule has 0 radical (unpaired) electrons. The number of carbonyl (C=O) groups excluding carboxylic acids is 1. The van der Waals surface area contributed by atoms with Crippen LogP contribution in [0, 0.1) is 11.2 Å². The molecule has 0 spiro atoms. The number of carbonyl (C=O) groups is 1. The number of aldehydes is 1. The molecule has 4 rings (SSSR count). The van der Waals surface area contributed by atoms with Crippen LogP contribution in [0.25, 0.3) is 0 Å². The summed E-state index contributed by atoms with van der Waals surface area (Å²) in [5, 5.41) is 4.20. The maximum absolute atomic E-state index is 13.2. The van der Waals surface area contributed by atoms with Crippen LogP contribution in [0.15, 0.2) is 70.0 Å². The Kier molecular flexibility index (Phi) is 5.38. The normalized spacial score (nSPS) is 25.1. The van der Waals surface area contributed by atoms with Gasteiger partial charge in [0.2, 0.25) is 0 Å². The Morgan fingerprint density at radius 3 is 2.79 bits per heavy atom. The molecule has 0 amide bonds. The second kappa shape index (κ2) is 7.96. The van der Waals surface area contributed by atoms with Gasteiger partial charge in [0, 0.05) is 38.5 Å². The summed E-state index contributed by atoms with van der Waals surface area (Å²) < 4.78 is 17.1. The Hall–Kier alpha value is -2.71. The van der Waals surface area contributed by atoms with Crippen molar-refractivity contribution >= 4 is 29.6 Å². The van der Waals surface area contributed by atoms with E-state index in [1.54, 1.807) is 28.8 Å². The van der Waals surface area contributed by atoms with Crippen molar-refractivity contribution in [3.63, 3.8) is 0 Å². The van der Waals surface area contributed by atoms with Gasteiger partial charge in [-0.15, -0.1) is 0 Å². The number of nitrogens with two attached hydrogens (primary N) is 1. The second-order valence-corrected chi connectivity index (χ2v) is 8.52. The number of rotatable bonds is 4. The molecule has 2 N–H and O–H groups in total. The van der Waals surface area contributed by atoms with Crippen LogP contribution in [0.3, 0.4) is 0 Å². The lowest BCUT2D eigenvalue weighted by atomic mass is 9.67. The van der Waals surface area contributed by atoms with Gasteiger partial charge < -0.3 is 10.5 Å². The summed E-state index contributed by atoms with van der Waals surface area (Å²) in [7, 11) is 1.88. The van der Waals surface area contributed by atoms with Gasteiger partial charge in [-0.05, 0) is 54.4 Å². The first-order chi connectivity index (χ1) is 14.0. The molecular weight excluding hydrogens is 389 g/mol. The topological polar surface area (TPSA) is 76.5 Å². The fraction of sp³-hybridized carbons (Fsp3) is 0.286. The SMILES string of the molecule is Cn1cc(SN2CC=C3CC(=Nc4ccc(F)cc4)C(=CN)CC3(C=O)C2)cn1. The van der Waals surface area contributed by atoms with Crippen LogP contribution in [0.2, 0.25) is 0 Å². The molecule has 1 saturated carbocycles. The van der Waals surface area contributed by atoms with Crippen molar-refractivity contribution in [3.05, 3.63) is 65.9 Å². The van der Waals surface area contributed by atoms with Gasteiger partial charge in [0.15, 0.2) is 0 Å². The van der Waals surface area contributed by atoms with Crippen molar-refractivity contribution < 1.29 is 9.18 Å². The van der Waals surface area contributed by atoms with Crippen molar-refractivity contribution in [2.75, 3.05) is 13.1 Å². The standard InChI is InChI=1S/C21H22FN5OS/c1-26-12-19(11-24-26)29-27-7-6-16-8-20(25-18-4-2-17(22)3-5-18)15(10-23)9-21(16,13-27)14-28/h2-6,10-12,14H,7-9,13,23H2,1H3. The van der Waals surface area contributed by atoms with Gasteiger partial charge in [-0.3, -0.25) is 9.67 Å². The van der Waals surface area contributed by atoms with E-state index in [4.69, 9.17) is 5.73 Å². The summed E-state index contributed by atoms with van der Waals surface area (Å²) >= 11 is 1.60. The van der Waals surface area contributed by atoms with Gasteiger partial charge in [0.1, 0.15) is 12.1 Å². The summed E-state index contributed by atoms with van der Waals surface area (Å²) in [6.45, 7) is 1.33. The number of halogens is 1. The number of aliphatic imine (C=N–C) groups is 1. The first-order valence-electron chi connectivity index (χ1n) is 9.33. The molecular formula is C21H22FN5OS. The number of allylic oxidation sites excluding steroid dienone is 1. The molecule has 0 saturated heterocycles. The van der Waals surface area contributed by atoms with Gasteiger partial charge in [-0.2, -0.15) is 5.10 Å². The third-order valence-corrected chi connectivity index (χ3v) is 6.26. The Labute approximate surface area is 173 Å². The highest BCUT2D eigenvalue weighted by molar-refractivity contribution is 7.97. The molecule has 1 aromatic carbocycles. The predicted molar refractivity (Wildman–Crippen MR) is 112 cm³/mol. The van der Waals surface area contributed by atoms with E-state index >= 15 is 0 Å². The highest BCUT2D eigenvalue weighted by atomic mass is 32.2. The molecule has 29 heavy (non-hydrogen) atoms. The minimum Gasteiger partial charge on any atom is -0.404 e. The predicted octanol–water partition coefficient (Wildman–Crippen LogP) is 3.40. The van der Waals surface area contributed by atoms with Gasteiger partial charge in [-0.25, -0.2) is 8.70 Å². The highest BCUT2D eigenvalue weighted by Gasteiger charge is 2.44. The zero-order valence-corrected chi connectivity index (χ0v) is 16.9. The highest BCUT2D eigenvalue weighted by Crippen LogP contribution is 2.45. The first-order valence-corrected chi connectivity index (χ1v) is 10.1. The summed E-state index contributed by atoms with van der Waals surface area (Å²) in [5.41, 5.74) is 8.71. The van der Waals surface area contributed by atoms with Crippen LogP contribution < -0.4 is 5.73 Å². The van der Waals surface area contributed by atoms with Crippen LogP contribution in [0.5, 0.6) is 0 Å². The maximum atomic E-state index is 13.2. The van der Waals surface area contributed by atoms with Crippen molar-refractivity contribution in [2.24, 2.45) is 23.2 Å². The van der Waals surface area contributed by atoms with Crippen molar-refractivity contribution in [1.82, 2.24) is 14.1 Å². The lowest BCUT2D eigenvalue weighted by Crippen LogP contribution is -2.45. The van der Waals surface area contributed by atoms with E-state index in [-0.39, 0.29) is 5.82 Å². The maximum Gasteiger partial charge on any atom is 0.131 e. The van der Waals surface area contributed by atoms with Gasteiger partial charge in [-0.1, -0.05) is 11.6 Å². The van der Waals surface area contributed by atoms with E-state index in [1.807, 2.05) is 19.4 Å². The van der Waals surface area contributed by atoms with Crippen molar-refractivity contribution in [3.8, 4) is 0 Å². The van der Waals surface area contributed by atoms with Crippen molar-refractivity contribution in [1.29, 1.82) is 0 Å². The molecule has 1 atom stereocenters. The molecule has 0 bridgehead atoms. The molecule has 6 nitrogen and oxygen atoms in total. The lowest BCUT2D eigenvalue weighted by molar-refractivity contribution is -0.115. The largest absolute Gasteiger partial charge is 0.404 e. The molecule has 2 aliphatic rings. The van der Waals surface area contributed by atoms with Gasteiger partial charge in [0.25, 0.3) is 0 Å². The summed E-state index contributed by atoms with van der Waals surface area (Å²) in [5.74, 6) is -0.298. The first kappa shape index (κ1) is 19.6. The number of hydrogen-bond donors (Lipinski definition) is 1. The van der Waals surface area contributed by atoms with E-state index in [0.717, 1.165) is 34.6 Å². The Morgan fingerprint density at radius 1 is 1.34 bits per heavy atom. The monoisotopic (exact) mass is 411 g/mol. The fourth-order valence-electron chi connectivity index (χ4n) is 3.81. The van der Waals surface area contributed by atoms with Crippen LogP contribution in [0.1, 0.15) is 12.8 Å². The molecule has 1 aliphatic carbocycles. The molecule has 1 aliphatic heterocycles. The molecule has 8 heteroatoms. The summed E-state index contributed by atoms with van der Waals surface area (Å²) in [4.78, 5) is 17.9. The van der Waals surface area contributed by atoms with Crippen LogP contribution in [0.4, 0.5) is 10.1 Å². The van der Waals surface area contributed by atoms with E-state index < -0.39 is 5.41 Å². The number of aryl methyl sites for hydroxylation is 1. The molecule has 150 valence electrons. The van der Waals surface area contributed by atoms with Gasteiger partial charge in [0.05, 0.1) is 22.2 Å². The number of fused-ring (bicyclic) bond motifs is 1. The van der Waals surface area contributed by atoms with E-state index in [2.05, 4.69) is 20.5 Å². The molecule has 2 heterocycles. The van der Waals surface area contributed by atoms with E-state index in [0.29, 0.717) is 25.1 Å². The second-order valence-electron chi connectivity index (χ2n) is 7.35. The molecule has 1 unspecified atom stereocenters. The minimum absolute atomic E-state index is 0.298. The average Bonchev–Trinajstić information content (AvgIpc) is 3.14. The zero-order chi connectivity index (χ0) is 20.4. The smallest absolute Gasteiger partial charge is 0.131 e. The van der Waals surface area contributed by atoms with E-state index in [1.165, 1.54) is 18.3 Å². The number of hydrogen-bond acceptors (Lipinski definition) is 6. The molecule has 1 fully saturated rings. The quantitative estimate of drug-likeness (QED) is 0.474. The zero-order valence-electron chi connectivity index (χ0n) is 16.1. The minimum atomic E-state index is -0.611. The molecule has 1 aromatic heterocycles. The Morgan fingerprint density at radius 2 is 2.14 bits per heavy atom. The summed E-state index contributed by atoms with van der Waals surface area (Å²) in [6, 6.07) is 6.05. The number of aromatic nitrogens is 2. The van der Waals surface area contributed by atoms with Crippen LogP contribution >= 0.6 is 11.9 Å². The fourth-order valence-corrected chi connectivity index (χ4v) is 4.84. The third-order valence-electron chi connectivity index (χ3n) is 5.31. The number of nitrogens with zero attached hydrogens (tertiary/aromatic N) is 4. The third kappa shape index (κ3) is 4.04. The van der Waals surface area contributed by atoms with Crippen LogP contribution in [-0.2, 0) is 11.8 Å². The lowest BCUT2D eigenvalue weighted by Gasteiger charge is -2.43. The Bertz CT molecular complexity index is 1010. The summed E-state index contributed by atoms with van der Waals surface area (Å²) in [6.07, 6.45) is 9.54. The average molecular weight is 412 g/mol. The Balaban J connectivity index is 1.60. The van der Waals surface area contributed by atoms with Gasteiger partial charge >= 0.3 is 0 Å². The van der Waals surface area contributed by atoms with E-state index in [9.17, 15) is 9.18 Å². The molecule has 2 aromatic rings. The number of benzene rings is 1.